The van der Waals surface area contributed by atoms with Crippen molar-refractivity contribution in [3.8, 4) is 0 Å². The summed E-state index contributed by atoms with van der Waals surface area (Å²) in [6.45, 7) is 0.359. The van der Waals surface area contributed by atoms with E-state index >= 15 is 0 Å². The largest absolute Gasteiger partial charge is 0.347 e. The molecule has 2 amide bonds. The zero-order valence-electron chi connectivity index (χ0n) is 12.3. The molecule has 0 saturated carbocycles. The van der Waals surface area contributed by atoms with Crippen LogP contribution in [-0.2, 0) is 16.0 Å². The van der Waals surface area contributed by atoms with Crippen LogP contribution in [0.2, 0.25) is 0 Å². The van der Waals surface area contributed by atoms with Gasteiger partial charge in [0.05, 0.1) is 6.21 Å². The number of carbonyl (C=O) groups excluding carboxylic acids is 2. The third-order valence-corrected chi connectivity index (χ3v) is 3.00. The summed E-state index contributed by atoms with van der Waals surface area (Å²) in [5.74, 6) is -1.96. The van der Waals surface area contributed by atoms with Crippen molar-refractivity contribution in [3.63, 3.8) is 0 Å². The molecule has 2 aromatic carbocycles. The molecule has 0 atom stereocenters. The minimum atomic E-state index is -0.851. The van der Waals surface area contributed by atoms with Gasteiger partial charge >= 0.3 is 11.8 Å². The predicted octanol–water partition coefficient (Wildman–Crippen LogP) is 1.63. The van der Waals surface area contributed by atoms with Crippen LogP contribution >= 0.6 is 0 Å². The van der Waals surface area contributed by atoms with Crippen molar-refractivity contribution in [2.75, 3.05) is 6.54 Å². The molecule has 2 rings (SSSR count). The van der Waals surface area contributed by atoms with Gasteiger partial charge in [-0.1, -0.05) is 42.5 Å². The van der Waals surface area contributed by atoms with Gasteiger partial charge in [-0.2, -0.15) is 5.10 Å². The van der Waals surface area contributed by atoms with Crippen LogP contribution in [0.5, 0.6) is 0 Å². The molecule has 0 aliphatic heterocycles. The van der Waals surface area contributed by atoms with Gasteiger partial charge in [0.2, 0.25) is 0 Å². The summed E-state index contributed by atoms with van der Waals surface area (Å²) < 4.78 is 12.7. The highest BCUT2D eigenvalue weighted by Crippen LogP contribution is 1.99. The number of nitrogens with one attached hydrogen (secondary N) is 2. The van der Waals surface area contributed by atoms with Crippen molar-refractivity contribution in [2.45, 2.75) is 6.42 Å². The molecule has 0 aliphatic carbocycles. The highest BCUT2D eigenvalue weighted by Gasteiger charge is 2.11. The molecule has 2 aromatic rings. The van der Waals surface area contributed by atoms with Gasteiger partial charge in [-0.25, -0.2) is 9.82 Å². The zero-order valence-corrected chi connectivity index (χ0v) is 12.3. The lowest BCUT2D eigenvalue weighted by molar-refractivity contribution is -0.139. The van der Waals surface area contributed by atoms with Crippen LogP contribution in [-0.4, -0.2) is 24.6 Å². The van der Waals surface area contributed by atoms with Gasteiger partial charge in [0.1, 0.15) is 5.82 Å². The molecule has 0 saturated heterocycles. The average Bonchev–Trinajstić information content (AvgIpc) is 2.57. The highest BCUT2D eigenvalue weighted by molar-refractivity contribution is 6.35. The first-order valence-corrected chi connectivity index (χ1v) is 7.06. The molecule has 0 aliphatic rings. The fraction of sp³-hybridized carbons (Fsp3) is 0.118. The number of hydrogen-bond acceptors (Lipinski definition) is 3. The van der Waals surface area contributed by atoms with Gasteiger partial charge in [-0.15, -0.1) is 0 Å². The van der Waals surface area contributed by atoms with E-state index in [1.807, 2.05) is 30.3 Å². The molecule has 0 unspecified atom stereocenters. The highest BCUT2D eigenvalue weighted by atomic mass is 19.1. The van der Waals surface area contributed by atoms with Gasteiger partial charge in [0.25, 0.3) is 0 Å². The number of rotatable bonds is 5. The molecule has 0 bridgehead atoms. The average molecular weight is 313 g/mol. The Kier molecular flexibility index (Phi) is 5.99. The van der Waals surface area contributed by atoms with E-state index in [0.717, 1.165) is 5.56 Å². The molecule has 23 heavy (non-hydrogen) atoms. The zero-order chi connectivity index (χ0) is 16.5. The second-order valence-corrected chi connectivity index (χ2v) is 4.74. The number of hydrazone groups is 1. The normalized spacial score (nSPS) is 10.5. The van der Waals surface area contributed by atoms with E-state index in [2.05, 4.69) is 15.8 Å². The summed E-state index contributed by atoms with van der Waals surface area (Å²) >= 11 is 0. The van der Waals surface area contributed by atoms with Gasteiger partial charge in [0, 0.05) is 6.54 Å². The van der Waals surface area contributed by atoms with Crippen LogP contribution in [0.15, 0.2) is 59.7 Å². The van der Waals surface area contributed by atoms with Crippen molar-refractivity contribution in [2.24, 2.45) is 5.10 Å². The molecule has 5 nitrogen and oxygen atoms in total. The number of nitrogens with zero attached hydrogens (tertiary/aromatic N) is 1. The molecule has 0 heterocycles. The molecule has 6 heteroatoms. The number of halogens is 1. The Morgan fingerprint density at radius 3 is 2.39 bits per heavy atom. The second-order valence-electron chi connectivity index (χ2n) is 4.74. The fourth-order valence-electron chi connectivity index (χ4n) is 1.81. The molecule has 0 radical (unpaired) electrons. The molecule has 2 N–H and O–H groups in total. The van der Waals surface area contributed by atoms with Crippen LogP contribution < -0.4 is 10.7 Å². The summed E-state index contributed by atoms with van der Waals surface area (Å²) in [4.78, 5) is 23.1. The van der Waals surface area contributed by atoms with E-state index in [-0.39, 0.29) is 5.82 Å². The Labute approximate surface area is 133 Å². The molecule has 0 aromatic heterocycles. The number of amides is 2. The lowest BCUT2D eigenvalue weighted by Gasteiger charge is -2.04. The second kappa shape index (κ2) is 8.43. The maximum Gasteiger partial charge on any atom is 0.329 e. The van der Waals surface area contributed by atoms with E-state index in [4.69, 9.17) is 0 Å². The van der Waals surface area contributed by atoms with Gasteiger partial charge in [-0.3, -0.25) is 9.59 Å². The molecule has 0 spiro atoms. The van der Waals surface area contributed by atoms with E-state index in [1.54, 1.807) is 0 Å². The smallest absolute Gasteiger partial charge is 0.329 e. The quantitative estimate of drug-likeness (QED) is 0.500. The van der Waals surface area contributed by atoms with Crippen LogP contribution in [0.25, 0.3) is 0 Å². The first kappa shape index (κ1) is 16.4. The van der Waals surface area contributed by atoms with Gasteiger partial charge in [0.15, 0.2) is 0 Å². The van der Waals surface area contributed by atoms with Crippen LogP contribution in [0, 0.1) is 5.82 Å². The van der Waals surface area contributed by atoms with Crippen LogP contribution in [0.1, 0.15) is 11.1 Å². The lowest BCUT2D eigenvalue weighted by Crippen LogP contribution is -2.38. The Morgan fingerprint density at radius 1 is 1.00 bits per heavy atom. The number of hydrogen-bond donors (Lipinski definition) is 2. The van der Waals surface area contributed by atoms with Crippen LogP contribution in [0.4, 0.5) is 4.39 Å². The van der Waals surface area contributed by atoms with Crippen molar-refractivity contribution in [1.82, 2.24) is 10.7 Å². The first-order chi connectivity index (χ1) is 11.1. The molecular formula is C17H16FN3O2. The van der Waals surface area contributed by atoms with Gasteiger partial charge < -0.3 is 5.32 Å². The minimum absolute atomic E-state index is 0.357. The topological polar surface area (TPSA) is 70.6 Å². The first-order valence-electron chi connectivity index (χ1n) is 7.06. The number of benzene rings is 2. The Bertz CT molecular complexity index is 685. The molecular weight excluding hydrogens is 297 g/mol. The maximum atomic E-state index is 12.7. The monoisotopic (exact) mass is 313 g/mol. The maximum absolute atomic E-state index is 12.7. The summed E-state index contributed by atoms with van der Waals surface area (Å²) in [5, 5.41) is 6.16. The Balaban J connectivity index is 1.72. The summed E-state index contributed by atoms with van der Waals surface area (Å²) in [6, 6.07) is 15.2. The predicted molar refractivity (Wildman–Crippen MR) is 85.3 cm³/mol. The SMILES string of the molecule is O=C(NCCc1ccccc1)C(=O)NN=Cc1ccc(F)cc1. The molecule has 0 fully saturated rings. The van der Waals surface area contributed by atoms with Crippen molar-refractivity contribution in [1.29, 1.82) is 0 Å². The summed E-state index contributed by atoms with van der Waals surface area (Å²) in [6.07, 6.45) is 1.97. The fourth-order valence-corrected chi connectivity index (χ4v) is 1.81. The van der Waals surface area contributed by atoms with E-state index in [9.17, 15) is 14.0 Å². The third kappa shape index (κ3) is 5.70. The molecule has 118 valence electrons. The Hall–Kier alpha value is -3.02. The standard InChI is InChI=1S/C17H16FN3O2/c18-15-8-6-14(7-9-15)12-20-21-17(23)16(22)19-11-10-13-4-2-1-3-5-13/h1-9,12H,10-11H2,(H,19,22)(H,21,23). The van der Waals surface area contributed by atoms with E-state index in [1.165, 1.54) is 30.5 Å². The van der Waals surface area contributed by atoms with E-state index < -0.39 is 11.8 Å². The number of carbonyl (C=O) groups is 2. The summed E-state index contributed by atoms with van der Waals surface area (Å²) in [7, 11) is 0. The van der Waals surface area contributed by atoms with Crippen molar-refractivity contribution >= 4 is 18.0 Å². The minimum Gasteiger partial charge on any atom is -0.347 e. The third-order valence-electron chi connectivity index (χ3n) is 3.00. The van der Waals surface area contributed by atoms with Crippen LogP contribution in [0.3, 0.4) is 0 Å². The van der Waals surface area contributed by atoms with Crippen molar-refractivity contribution in [3.05, 3.63) is 71.5 Å². The van der Waals surface area contributed by atoms with Crippen molar-refractivity contribution < 1.29 is 14.0 Å². The van der Waals surface area contributed by atoms with Gasteiger partial charge in [-0.05, 0) is 29.7 Å². The van der Waals surface area contributed by atoms with E-state index in [0.29, 0.717) is 18.5 Å². The lowest BCUT2D eigenvalue weighted by atomic mass is 10.1. The summed E-state index contributed by atoms with van der Waals surface area (Å²) in [5.41, 5.74) is 3.80. The Morgan fingerprint density at radius 2 is 1.70 bits per heavy atom.